The number of hydrogen-bond acceptors (Lipinski definition) is 2. The Hall–Kier alpha value is -1.36. The molecule has 112 valence electrons. The summed E-state index contributed by atoms with van der Waals surface area (Å²) in [5.41, 5.74) is 1.49. The maximum absolute atomic E-state index is 12.5. The van der Waals surface area contributed by atoms with Crippen molar-refractivity contribution in [1.29, 1.82) is 0 Å². The minimum atomic E-state index is -0.779. The number of amides is 1. The van der Waals surface area contributed by atoms with E-state index in [4.69, 9.17) is 0 Å². The van der Waals surface area contributed by atoms with Gasteiger partial charge in [-0.1, -0.05) is 22.0 Å². The summed E-state index contributed by atoms with van der Waals surface area (Å²) in [4.78, 5) is 24.0. The van der Waals surface area contributed by atoms with Gasteiger partial charge in [0.1, 0.15) is 0 Å². The lowest BCUT2D eigenvalue weighted by molar-refractivity contribution is -0.144. The zero-order valence-corrected chi connectivity index (χ0v) is 13.4. The number of rotatable bonds is 3. The zero-order chi connectivity index (χ0) is 15.1. The molecule has 2 fully saturated rings. The average Bonchev–Trinajstić information content (AvgIpc) is 3.02. The second-order valence-electron chi connectivity index (χ2n) is 6.11. The van der Waals surface area contributed by atoms with E-state index in [-0.39, 0.29) is 17.9 Å². The third kappa shape index (κ3) is 2.48. The van der Waals surface area contributed by atoms with Crippen LogP contribution in [0, 0.1) is 24.7 Å². The quantitative estimate of drug-likeness (QED) is 0.879. The van der Waals surface area contributed by atoms with Gasteiger partial charge in [0.2, 0.25) is 0 Å². The molecule has 1 aromatic carbocycles. The number of carboxylic acid groups (broad SMARTS) is 1. The minimum Gasteiger partial charge on any atom is -0.481 e. The molecule has 2 saturated carbocycles. The van der Waals surface area contributed by atoms with E-state index in [0.29, 0.717) is 11.5 Å². The normalized spacial score (nSPS) is 30.4. The molecular formula is C16H18BrNO3. The molecule has 2 aliphatic rings. The highest BCUT2D eigenvalue weighted by Gasteiger charge is 2.51. The number of carbonyl (C=O) groups is 2. The number of carbonyl (C=O) groups excluding carboxylic acids is 1. The van der Waals surface area contributed by atoms with Gasteiger partial charge in [-0.3, -0.25) is 9.59 Å². The molecule has 0 radical (unpaired) electrons. The van der Waals surface area contributed by atoms with Crippen molar-refractivity contribution in [3.05, 3.63) is 33.8 Å². The van der Waals surface area contributed by atoms with E-state index < -0.39 is 11.9 Å². The van der Waals surface area contributed by atoms with Crippen LogP contribution in [0.1, 0.15) is 35.2 Å². The summed E-state index contributed by atoms with van der Waals surface area (Å²) in [5.74, 6) is -0.842. The lowest BCUT2D eigenvalue weighted by atomic mass is 9.84. The molecule has 0 heterocycles. The van der Waals surface area contributed by atoms with Crippen LogP contribution in [0.3, 0.4) is 0 Å². The third-order valence-electron chi connectivity index (χ3n) is 5.01. The molecule has 1 aromatic rings. The van der Waals surface area contributed by atoms with Crippen LogP contribution in [-0.2, 0) is 4.79 Å². The summed E-state index contributed by atoms with van der Waals surface area (Å²) in [7, 11) is 0. The molecule has 4 atom stereocenters. The molecule has 5 heteroatoms. The van der Waals surface area contributed by atoms with Crippen LogP contribution in [0.4, 0.5) is 0 Å². The van der Waals surface area contributed by atoms with Gasteiger partial charge in [0.25, 0.3) is 5.91 Å². The monoisotopic (exact) mass is 351 g/mol. The fourth-order valence-electron chi connectivity index (χ4n) is 3.94. The van der Waals surface area contributed by atoms with Crippen molar-refractivity contribution in [2.75, 3.05) is 0 Å². The first-order valence-corrected chi connectivity index (χ1v) is 8.07. The van der Waals surface area contributed by atoms with Crippen LogP contribution in [0.25, 0.3) is 0 Å². The van der Waals surface area contributed by atoms with Crippen LogP contribution >= 0.6 is 15.9 Å². The van der Waals surface area contributed by atoms with E-state index in [1.54, 1.807) is 6.07 Å². The second-order valence-corrected chi connectivity index (χ2v) is 6.96. The van der Waals surface area contributed by atoms with Crippen molar-refractivity contribution in [1.82, 2.24) is 5.32 Å². The predicted octanol–water partition coefficient (Wildman–Crippen LogP) is 2.99. The summed E-state index contributed by atoms with van der Waals surface area (Å²) in [5, 5.41) is 12.4. The highest BCUT2D eigenvalue weighted by Crippen LogP contribution is 2.48. The Kier molecular flexibility index (Phi) is 3.78. The summed E-state index contributed by atoms with van der Waals surface area (Å²) in [6.45, 7) is 1.88. The van der Waals surface area contributed by atoms with Gasteiger partial charge in [-0.15, -0.1) is 0 Å². The molecule has 2 N–H and O–H groups in total. The molecule has 0 aliphatic heterocycles. The maximum Gasteiger partial charge on any atom is 0.308 e. The Labute approximate surface area is 132 Å². The van der Waals surface area contributed by atoms with Gasteiger partial charge in [-0.2, -0.15) is 0 Å². The number of fused-ring (bicyclic) bond motifs is 2. The van der Waals surface area contributed by atoms with Gasteiger partial charge in [-0.05, 0) is 55.7 Å². The molecule has 4 unspecified atom stereocenters. The Morgan fingerprint density at radius 1 is 1.29 bits per heavy atom. The molecule has 4 nitrogen and oxygen atoms in total. The van der Waals surface area contributed by atoms with Crippen molar-refractivity contribution in [2.45, 2.75) is 32.2 Å². The van der Waals surface area contributed by atoms with Gasteiger partial charge in [0, 0.05) is 16.1 Å². The van der Waals surface area contributed by atoms with E-state index >= 15 is 0 Å². The number of halogens is 1. The summed E-state index contributed by atoms with van der Waals surface area (Å²) in [6, 6.07) is 5.26. The van der Waals surface area contributed by atoms with Crippen LogP contribution in [0.5, 0.6) is 0 Å². The number of nitrogens with one attached hydrogen (secondary N) is 1. The summed E-state index contributed by atoms with van der Waals surface area (Å²) in [6.07, 6.45) is 2.93. The zero-order valence-electron chi connectivity index (χ0n) is 11.8. The number of hydrogen-bond donors (Lipinski definition) is 2. The van der Waals surface area contributed by atoms with Gasteiger partial charge >= 0.3 is 5.97 Å². The number of aliphatic carboxylic acids is 1. The first-order chi connectivity index (χ1) is 9.99. The minimum absolute atomic E-state index is 0.169. The fraction of sp³-hybridized carbons (Fsp3) is 0.500. The molecule has 3 rings (SSSR count). The summed E-state index contributed by atoms with van der Waals surface area (Å²) < 4.78 is 0.887. The molecule has 2 bridgehead atoms. The highest BCUT2D eigenvalue weighted by molar-refractivity contribution is 9.10. The Balaban J connectivity index is 1.81. The smallest absolute Gasteiger partial charge is 0.308 e. The number of benzene rings is 1. The largest absolute Gasteiger partial charge is 0.481 e. The van der Waals surface area contributed by atoms with Crippen molar-refractivity contribution < 1.29 is 14.7 Å². The molecule has 1 amide bonds. The molecule has 0 aromatic heterocycles. The highest BCUT2D eigenvalue weighted by atomic mass is 79.9. The van der Waals surface area contributed by atoms with Crippen LogP contribution in [-0.4, -0.2) is 23.0 Å². The first-order valence-electron chi connectivity index (χ1n) is 7.28. The van der Waals surface area contributed by atoms with Crippen LogP contribution in [0.15, 0.2) is 22.7 Å². The Morgan fingerprint density at radius 3 is 2.71 bits per heavy atom. The SMILES string of the molecule is Cc1c(Br)cccc1C(=O)NC1C2CCC(C2)C1C(=O)O. The molecular weight excluding hydrogens is 334 g/mol. The maximum atomic E-state index is 12.5. The molecule has 2 aliphatic carbocycles. The van der Waals surface area contributed by atoms with E-state index in [1.165, 1.54) is 0 Å². The van der Waals surface area contributed by atoms with Crippen molar-refractivity contribution in [3.63, 3.8) is 0 Å². The number of carboxylic acids is 1. The van der Waals surface area contributed by atoms with Crippen LogP contribution < -0.4 is 5.32 Å². The molecule has 0 saturated heterocycles. The molecule has 21 heavy (non-hydrogen) atoms. The van der Waals surface area contributed by atoms with Crippen molar-refractivity contribution >= 4 is 27.8 Å². The average molecular weight is 352 g/mol. The van der Waals surface area contributed by atoms with E-state index in [2.05, 4.69) is 21.2 Å². The van der Waals surface area contributed by atoms with Crippen LogP contribution in [0.2, 0.25) is 0 Å². The predicted molar refractivity (Wildman–Crippen MR) is 82.1 cm³/mol. The third-order valence-corrected chi connectivity index (χ3v) is 5.87. The van der Waals surface area contributed by atoms with Crippen molar-refractivity contribution in [2.24, 2.45) is 17.8 Å². The van der Waals surface area contributed by atoms with Gasteiger partial charge in [0.05, 0.1) is 5.92 Å². The fourth-order valence-corrected chi connectivity index (χ4v) is 4.30. The molecule has 0 spiro atoms. The summed E-state index contributed by atoms with van der Waals surface area (Å²) >= 11 is 3.42. The second kappa shape index (κ2) is 5.44. The van der Waals surface area contributed by atoms with Crippen molar-refractivity contribution in [3.8, 4) is 0 Å². The van der Waals surface area contributed by atoms with Gasteiger partial charge in [0.15, 0.2) is 0 Å². The van der Waals surface area contributed by atoms with E-state index in [9.17, 15) is 14.7 Å². The lowest BCUT2D eigenvalue weighted by Gasteiger charge is -2.29. The topological polar surface area (TPSA) is 66.4 Å². The van der Waals surface area contributed by atoms with Gasteiger partial charge in [-0.25, -0.2) is 0 Å². The van der Waals surface area contributed by atoms with E-state index in [0.717, 1.165) is 29.3 Å². The standard InChI is InChI=1S/C16H18BrNO3/c1-8-11(3-2-4-12(8)17)15(19)18-14-10-6-5-9(7-10)13(14)16(20)21/h2-4,9-10,13-14H,5-7H2,1H3,(H,18,19)(H,20,21). The lowest BCUT2D eigenvalue weighted by Crippen LogP contribution is -2.47. The van der Waals surface area contributed by atoms with Gasteiger partial charge < -0.3 is 10.4 Å². The first kappa shape index (κ1) is 14.6. The Bertz CT molecular complexity index is 601. The van der Waals surface area contributed by atoms with E-state index in [1.807, 2.05) is 19.1 Å². The Morgan fingerprint density at radius 2 is 2.00 bits per heavy atom.